The molecule has 2 fully saturated rings. The van der Waals surface area contributed by atoms with Crippen LogP contribution in [0.5, 0.6) is 0 Å². The van der Waals surface area contributed by atoms with Gasteiger partial charge in [0.1, 0.15) is 0 Å². The number of rotatable bonds is 0. The molecule has 2 aliphatic rings. The van der Waals surface area contributed by atoms with Crippen molar-refractivity contribution in [2.24, 2.45) is 0 Å². The molecule has 0 amide bonds. The number of halogens is 4. The zero-order valence-corrected chi connectivity index (χ0v) is 6.66. The van der Waals surface area contributed by atoms with Crippen molar-refractivity contribution in [3.8, 4) is 0 Å². The van der Waals surface area contributed by atoms with Gasteiger partial charge in [-0.1, -0.05) is 0 Å². The molecule has 76 valence electrons. The highest BCUT2D eigenvalue weighted by Gasteiger charge is 2.70. The van der Waals surface area contributed by atoms with Crippen LogP contribution in [0, 0.1) is 0 Å². The van der Waals surface area contributed by atoms with E-state index in [-0.39, 0.29) is 13.2 Å². The molecule has 0 atom stereocenters. The highest BCUT2D eigenvalue weighted by atomic mass is 19.3. The summed E-state index contributed by atoms with van der Waals surface area (Å²) in [6.45, 7) is 0.207. The van der Waals surface area contributed by atoms with Crippen LogP contribution in [-0.4, -0.2) is 30.8 Å². The Bertz CT molecular complexity index is 205. The van der Waals surface area contributed by atoms with Crippen LogP contribution in [0.3, 0.4) is 0 Å². The third-order valence-electron chi connectivity index (χ3n) is 2.33. The molecule has 0 unspecified atom stereocenters. The lowest BCUT2D eigenvalue weighted by molar-refractivity contribution is -0.185. The predicted molar refractivity (Wildman–Crippen MR) is 33.8 cm³/mol. The van der Waals surface area contributed by atoms with E-state index in [0.29, 0.717) is 0 Å². The Morgan fingerprint density at radius 3 is 1.54 bits per heavy atom. The fourth-order valence-electron chi connectivity index (χ4n) is 1.70. The molecule has 1 aliphatic heterocycles. The van der Waals surface area contributed by atoms with E-state index < -0.39 is 30.5 Å². The average Bonchev–Trinajstić information content (AvgIpc) is 2.39. The molecule has 0 bridgehead atoms. The normalized spacial score (nSPS) is 34.2. The van der Waals surface area contributed by atoms with Crippen molar-refractivity contribution >= 4 is 0 Å². The van der Waals surface area contributed by atoms with Crippen molar-refractivity contribution in [1.29, 1.82) is 0 Å². The molecular formula is C7H8F4O2. The summed E-state index contributed by atoms with van der Waals surface area (Å²) < 4.78 is 60.4. The second-order valence-electron chi connectivity index (χ2n) is 3.37. The lowest BCUT2D eigenvalue weighted by Crippen LogP contribution is -2.33. The van der Waals surface area contributed by atoms with E-state index in [1.807, 2.05) is 0 Å². The minimum Gasteiger partial charge on any atom is -0.347 e. The van der Waals surface area contributed by atoms with Crippen molar-refractivity contribution < 1.29 is 27.0 Å². The Hall–Kier alpha value is -0.360. The minimum atomic E-state index is -4.02. The molecule has 1 saturated carbocycles. The highest BCUT2D eigenvalue weighted by molar-refractivity contribution is 5.02. The van der Waals surface area contributed by atoms with Gasteiger partial charge in [-0.15, -0.1) is 0 Å². The lowest BCUT2D eigenvalue weighted by Gasteiger charge is -2.19. The third-order valence-corrected chi connectivity index (χ3v) is 2.33. The van der Waals surface area contributed by atoms with Gasteiger partial charge in [-0.3, -0.25) is 0 Å². The SMILES string of the molecule is FC1(F)CC2(CC1(F)F)OCCO2. The van der Waals surface area contributed by atoms with Gasteiger partial charge in [-0.05, 0) is 0 Å². The summed E-state index contributed by atoms with van der Waals surface area (Å²) in [5.41, 5.74) is 0. The van der Waals surface area contributed by atoms with Gasteiger partial charge in [-0.25, -0.2) is 0 Å². The summed E-state index contributed by atoms with van der Waals surface area (Å²) in [7, 11) is 0. The molecule has 0 aromatic rings. The van der Waals surface area contributed by atoms with Gasteiger partial charge < -0.3 is 9.47 Å². The predicted octanol–water partition coefficient (Wildman–Crippen LogP) is 1.79. The quantitative estimate of drug-likeness (QED) is 0.555. The van der Waals surface area contributed by atoms with Crippen molar-refractivity contribution in [2.75, 3.05) is 13.2 Å². The maximum atomic E-state index is 12.7. The molecule has 1 aliphatic carbocycles. The van der Waals surface area contributed by atoms with Gasteiger partial charge >= 0.3 is 11.8 Å². The van der Waals surface area contributed by atoms with E-state index in [4.69, 9.17) is 9.47 Å². The number of hydrogen-bond acceptors (Lipinski definition) is 2. The third kappa shape index (κ3) is 1.23. The van der Waals surface area contributed by atoms with Crippen molar-refractivity contribution in [3.63, 3.8) is 0 Å². The van der Waals surface area contributed by atoms with E-state index in [2.05, 4.69) is 0 Å². The van der Waals surface area contributed by atoms with Crippen LogP contribution in [0.25, 0.3) is 0 Å². The van der Waals surface area contributed by atoms with Crippen molar-refractivity contribution in [3.05, 3.63) is 0 Å². The Morgan fingerprint density at radius 1 is 0.769 bits per heavy atom. The largest absolute Gasteiger partial charge is 0.347 e. The fourth-order valence-corrected chi connectivity index (χ4v) is 1.70. The van der Waals surface area contributed by atoms with Crippen LogP contribution in [0.2, 0.25) is 0 Å². The van der Waals surface area contributed by atoms with Crippen LogP contribution in [-0.2, 0) is 9.47 Å². The second kappa shape index (κ2) is 2.36. The smallest absolute Gasteiger partial charge is 0.315 e. The molecule has 1 saturated heterocycles. The summed E-state index contributed by atoms with van der Waals surface area (Å²) in [5, 5.41) is 0. The van der Waals surface area contributed by atoms with Crippen LogP contribution in [0.4, 0.5) is 17.6 Å². The van der Waals surface area contributed by atoms with E-state index in [1.54, 1.807) is 0 Å². The van der Waals surface area contributed by atoms with Gasteiger partial charge in [0.05, 0.1) is 26.1 Å². The van der Waals surface area contributed by atoms with E-state index >= 15 is 0 Å². The summed E-state index contributed by atoms with van der Waals surface area (Å²) in [5.74, 6) is -9.78. The zero-order chi connectivity index (χ0) is 9.74. The molecule has 6 heteroatoms. The van der Waals surface area contributed by atoms with Gasteiger partial charge in [0.25, 0.3) is 0 Å². The number of ether oxygens (including phenoxy) is 2. The first-order valence-electron chi connectivity index (χ1n) is 3.91. The summed E-state index contributed by atoms with van der Waals surface area (Å²) in [6.07, 6.45) is -2.10. The Labute approximate surface area is 71.8 Å². The molecule has 13 heavy (non-hydrogen) atoms. The van der Waals surface area contributed by atoms with Crippen LogP contribution >= 0.6 is 0 Å². The van der Waals surface area contributed by atoms with Gasteiger partial charge in [0, 0.05) is 0 Å². The Kier molecular flexibility index (Phi) is 1.67. The maximum Gasteiger partial charge on any atom is 0.315 e. The fraction of sp³-hybridized carbons (Fsp3) is 1.00. The van der Waals surface area contributed by atoms with E-state index in [0.717, 1.165) is 0 Å². The molecule has 0 aromatic heterocycles. The molecule has 1 spiro atoms. The van der Waals surface area contributed by atoms with Gasteiger partial charge in [0.15, 0.2) is 5.79 Å². The Morgan fingerprint density at radius 2 is 1.15 bits per heavy atom. The monoisotopic (exact) mass is 200 g/mol. The molecule has 2 rings (SSSR count). The van der Waals surface area contributed by atoms with Crippen LogP contribution < -0.4 is 0 Å². The van der Waals surface area contributed by atoms with Gasteiger partial charge in [0.2, 0.25) is 0 Å². The van der Waals surface area contributed by atoms with Gasteiger partial charge in [-0.2, -0.15) is 17.6 Å². The maximum absolute atomic E-state index is 12.7. The van der Waals surface area contributed by atoms with Crippen molar-refractivity contribution in [1.82, 2.24) is 0 Å². The second-order valence-corrected chi connectivity index (χ2v) is 3.37. The van der Waals surface area contributed by atoms with Crippen LogP contribution in [0.15, 0.2) is 0 Å². The summed E-state index contributed by atoms with van der Waals surface area (Å²) in [4.78, 5) is 0. The van der Waals surface area contributed by atoms with Crippen LogP contribution in [0.1, 0.15) is 12.8 Å². The summed E-state index contributed by atoms with van der Waals surface area (Å²) in [6, 6.07) is 0. The first-order chi connectivity index (χ1) is 5.87. The van der Waals surface area contributed by atoms with E-state index in [9.17, 15) is 17.6 Å². The lowest BCUT2D eigenvalue weighted by atomic mass is 10.2. The minimum absolute atomic E-state index is 0.103. The molecule has 2 nitrogen and oxygen atoms in total. The number of hydrogen-bond donors (Lipinski definition) is 0. The highest BCUT2D eigenvalue weighted by Crippen LogP contribution is 2.54. The topological polar surface area (TPSA) is 18.5 Å². The Balaban J connectivity index is 2.23. The number of alkyl halides is 4. The first kappa shape index (κ1) is 9.21. The van der Waals surface area contributed by atoms with E-state index in [1.165, 1.54) is 0 Å². The first-order valence-corrected chi connectivity index (χ1v) is 3.91. The zero-order valence-electron chi connectivity index (χ0n) is 6.66. The average molecular weight is 200 g/mol. The molecular weight excluding hydrogens is 192 g/mol. The summed E-state index contributed by atoms with van der Waals surface area (Å²) >= 11 is 0. The molecule has 0 radical (unpaired) electrons. The molecule has 0 aromatic carbocycles. The van der Waals surface area contributed by atoms with Crippen molar-refractivity contribution in [2.45, 2.75) is 30.5 Å². The molecule has 0 N–H and O–H groups in total. The standard InChI is InChI=1S/C7H8F4O2/c8-6(9)3-5(4-7(6,10)11)12-1-2-13-5/h1-4H2. The molecule has 1 heterocycles.